The number of rotatable bonds is 5. The summed E-state index contributed by atoms with van der Waals surface area (Å²) in [5, 5.41) is 12.9. The van der Waals surface area contributed by atoms with Gasteiger partial charge in [0.25, 0.3) is 5.91 Å². The highest BCUT2D eigenvalue weighted by Crippen LogP contribution is 2.32. The average molecular weight is 374 g/mol. The van der Waals surface area contributed by atoms with Gasteiger partial charge < -0.3 is 19.9 Å². The van der Waals surface area contributed by atoms with Crippen LogP contribution in [0.2, 0.25) is 0 Å². The average Bonchev–Trinajstić information content (AvgIpc) is 3.39. The Morgan fingerprint density at radius 1 is 1.35 bits per heavy atom. The number of benzene rings is 1. The van der Waals surface area contributed by atoms with E-state index in [1.807, 2.05) is 0 Å². The minimum atomic E-state index is -1.12. The number of hydrogen-bond donors (Lipinski definition) is 2. The van der Waals surface area contributed by atoms with E-state index >= 15 is 0 Å². The number of fused-ring (bicyclic) bond motifs is 1. The van der Waals surface area contributed by atoms with E-state index in [1.54, 1.807) is 18.2 Å². The maximum atomic E-state index is 12.5. The van der Waals surface area contributed by atoms with E-state index in [0.717, 1.165) is 35.6 Å². The fraction of sp³-hybridized carbons (Fsp3) is 0.389. The molecule has 136 valence electrons. The summed E-state index contributed by atoms with van der Waals surface area (Å²) in [6, 6.07) is 4.09. The van der Waals surface area contributed by atoms with Crippen molar-refractivity contribution < 1.29 is 24.2 Å². The Kier molecular flexibility index (Phi) is 4.60. The molecule has 0 bridgehead atoms. The van der Waals surface area contributed by atoms with Crippen LogP contribution in [0.25, 0.3) is 0 Å². The lowest BCUT2D eigenvalue weighted by Crippen LogP contribution is -2.33. The second-order valence-corrected chi connectivity index (χ2v) is 7.34. The van der Waals surface area contributed by atoms with Gasteiger partial charge in [-0.1, -0.05) is 6.07 Å². The van der Waals surface area contributed by atoms with Crippen LogP contribution in [0.1, 0.15) is 50.8 Å². The Hall–Kier alpha value is -2.45. The van der Waals surface area contributed by atoms with Crippen molar-refractivity contribution in [1.29, 1.82) is 0 Å². The maximum absolute atomic E-state index is 12.5. The molecule has 1 aromatic heterocycles. The number of hydrogen-bond acceptors (Lipinski definition) is 6. The number of carboxylic acids is 1. The van der Waals surface area contributed by atoms with Gasteiger partial charge in [-0.3, -0.25) is 4.79 Å². The van der Waals surface area contributed by atoms with E-state index in [0.29, 0.717) is 23.7 Å². The van der Waals surface area contributed by atoms with E-state index < -0.39 is 17.9 Å². The molecule has 0 radical (unpaired) electrons. The molecule has 0 saturated carbocycles. The van der Waals surface area contributed by atoms with Crippen molar-refractivity contribution in [2.45, 2.75) is 31.4 Å². The topological polar surface area (TPSA) is 97.8 Å². The molecule has 1 saturated heterocycles. The fourth-order valence-electron chi connectivity index (χ4n) is 3.19. The van der Waals surface area contributed by atoms with E-state index in [4.69, 9.17) is 9.47 Å². The number of carbonyl (C=O) groups excluding carboxylic acids is 1. The zero-order valence-electron chi connectivity index (χ0n) is 13.9. The van der Waals surface area contributed by atoms with Gasteiger partial charge in [-0.05, 0) is 36.1 Å². The molecule has 2 unspecified atom stereocenters. The lowest BCUT2D eigenvalue weighted by Gasteiger charge is -2.15. The summed E-state index contributed by atoms with van der Waals surface area (Å²) >= 11 is 1.25. The van der Waals surface area contributed by atoms with Crippen LogP contribution >= 0.6 is 11.3 Å². The standard InChI is InChI=1S/C18H18N2O5S/c21-16(14-9-19-17(26-14)13-2-1-6-24-13)20-15(18(22)23)11-3-4-12-10(8-11)5-7-25-12/h3-4,8-9,13,15H,1-2,5-7H2,(H,20,21)(H,22,23). The molecular weight excluding hydrogens is 356 g/mol. The summed E-state index contributed by atoms with van der Waals surface area (Å²) in [7, 11) is 0. The van der Waals surface area contributed by atoms with Gasteiger partial charge in [0.2, 0.25) is 0 Å². The third kappa shape index (κ3) is 3.30. The fourth-order valence-corrected chi connectivity index (χ4v) is 4.09. The van der Waals surface area contributed by atoms with Gasteiger partial charge in [0.1, 0.15) is 21.7 Å². The first kappa shape index (κ1) is 17.0. The minimum Gasteiger partial charge on any atom is -0.493 e. The van der Waals surface area contributed by atoms with Crippen LogP contribution in [0.15, 0.2) is 24.4 Å². The lowest BCUT2D eigenvalue weighted by atomic mass is 10.0. The van der Waals surface area contributed by atoms with Gasteiger partial charge in [-0.25, -0.2) is 9.78 Å². The first-order valence-electron chi connectivity index (χ1n) is 8.48. The molecule has 4 rings (SSSR count). The van der Waals surface area contributed by atoms with Crippen molar-refractivity contribution in [3.8, 4) is 5.75 Å². The number of aromatic nitrogens is 1. The monoisotopic (exact) mass is 374 g/mol. The van der Waals surface area contributed by atoms with Crippen LogP contribution in [0, 0.1) is 0 Å². The molecule has 2 aliphatic rings. The maximum Gasteiger partial charge on any atom is 0.330 e. The highest BCUT2D eigenvalue weighted by molar-refractivity contribution is 7.13. The van der Waals surface area contributed by atoms with Gasteiger partial charge in [0.15, 0.2) is 6.04 Å². The van der Waals surface area contributed by atoms with Crippen LogP contribution in [0.4, 0.5) is 0 Å². The summed E-state index contributed by atoms with van der Waals surface area (Å²) in [4.78, 5) is 28.9. The largest absolute Gasteiger partial charge is 0.493 e. The quantitative estimate of drug-likeness (QED) is 0.834. The molecule has 0 aliphatic carbocycles. The predicted molar refractivity (Wildman–Crippen MR) is 93.5 cm³/mol. The number of aliphatic carboxylic acids is 1. The number of nitrogens with one attached hydrogen (secondary N) is 1. The zero-order valence-corrected chi connectivity index (χ0v) is 14.8. The predicted octanol–water partition coefficient (Wildman–Crippen LogP) is 2.49. The SMILES string of the molecule is O=C(NC(C(=O)O)c1ccc2c(c1)CCO2)c1cnc(C2CCCO2)s1. The number of amides is 1. The third-order valence-electron chi connectivity index (χ3n) is 4.52. The second kappa shape index (κ2) is 7.05. The van der Waals surface area contributed by atoms with Crippen molar-refractivity contribution in [3.63, 3.8) is 0 Å². The third-order valence-corrected chi connectivity index (χ3v) is 5.61. The molecule has 7 nitrogen and oxygen atoms in total. The Morgan fingerprint density at radius 2 is 2.23 bits per heavy atom. The summed E-state index contributed by atoms with van der Waals surface area (Å²) in [5.74, 6) is -0.787. The van der Waals surface area contributed by atoms with Crippen molar-refractivity contribution in [1.82, 2.24) is 10.3 Å². The normalized spacial score (nSPS) is 19.6. The highest BCUT2D eigenvalue weighted by atomic mass is 32.1. The molecule has 1 aromatic carbocycles. The summed E-state index contributed by atoms with van der Waals surface area (Å²) in [6.07, 6.45) is 4.03. The van der Waals surface area contributed by atoms with Crippen molar-refractivity contribution >= 4 is 23.2 Å². The van der Waals surface area contributed by atoms with Gasteiger partial charge in [0.05, 0.1) is 12.8 Å². The van der Waals surface area contributed by atoms with Gasteiger partial charge in [-0.15, -0.1) is 11.3 Å². The molecule has 8 heteroatoms. The molecule has 26 heavy (non-hydrogen) atoms. The molecular formula is C18H18N2O5S. The molecule has 3 heterocycles. The number of carbonyl (C=O) groups is 2. The first-order chi connectivity index (χ1) is 12.6. The Labute approximate surface area is 154 Å². The van der Waals surface area contributed by atoms with Crippen molar-refractivity contribution in [2.75, 3.05) is 13.2 Å². The van der Waals surface area contributed by atoms with Crippen molar-refractivity contribution in [2.24, 2.45) is 0 Å². The molecule has 2 N–H and O–H groups in total. The molecule has 1 fully saturated rings. The van der Waals surface area contributed by atoms with E-state index in [-0.39, 0.29) is 6.10 Å². The number of carboxylic acid groups (broad SMARTS) is 1. The molecule has 2 aromatic rings. The molecule has 2 aliphatic heterocycles. The summed E-state index contributed by atoms with van der Waals surface area (Å²) < 4.78 is 11.0. The number of nitrogens with zero attached hydrogens (tertiary/aromatic N) is 1. The molecule has 0 spiro atoms. The smallest absolute Gasteiger partial charge is 0.330 e. The molecule has 2 atom stereocenters. The lowest BCUT2D eigenvalue weighted by molar-refractivity contribution is -0.139. The minimum absolute atomic E-state index is 0.0615. The van der Waals surface area contributed by atoms with Gasteiger partial charge in [-0.2, -0.15) is 0 Å². The van der Waals surface area contributed by atoms with Crippen LogP contribution in [0.5, 0.6) is 5.75 Å². The van der Waals surface area contributed by atoms with Crippen LogP contribution in [0.3, 0.4) is 0 Å². The Bertz CT molecular complexity index is 844. The highest BCUT2D eigenvalue weighted by Gasteiger charge is 2.27. The van der Waals surface area contributed by atoms with Crippen LogP contribution < -0.4 is 10.1 Å². The molecule has 1 amide bonds. The van der Waals surface area contributed by atoms with E-state index in [1.165, 1.54) is 17.5 Å². The van der Waals surface area contributed by atoms with Crippen LogP contribution in [-0.4, -0.2) is 35.2 Å². The number of ether oxygens (including phenoxy) is 2. The van der Waals surface area contributed by atoms with Gasteiger partial charge >= 0.3 is 5.97 Å². The second-order valence-electron chi connectivity index (χ2n) is 6.27. The van der Waals surface area contributed by atoms with Crippen molar-refractivity contribution in [3.05, 3.63) is 45.4 Å². The Balaban J connectivity index is 1.51. The van der Waals surface area contributed by atoms with E-state index in [9.17, 15) is 14.7 Å². The van der Waals surface area contributed by atoms with E-state index in [2.05, 4.69) is 10.3 Å². The first-order valence-corrected chi connectivity index (χ1v) is 9.30. The zero-order chi connectivity index (χ0) is 18.1. The van der Waals surface area contributed by atoms with Gasteiger partial charge in [0, 0.05) is 13.0 Å². The summed E-state index contributed by atoms with van der Waals surface area (Å²) in [6.45, 7) is 1.30. The van der Waals surface area contributed by atoms with Crippen LogP contribution in [-0.2, 0) is 16.0 Å². The Morgan fingerprint density at radius 3 is 3.00 bits per heavy atom. The summed E-state index contributed by atoms with van der Waals surface area (Å²) in [5.41, 5.74) is 1.49. The number of thiazole rings is 1.